The van der Waals surface area contributed by atoms with Gasteiger partial charge in [0, 0.05) is 4.98 Å². The van der Waals surface area contributed by atoms with Gasteiger partial charge in [0.25, 0.3) is 0 Å². The van der Waals surface area contributed by atoms with E-state index in [-0.39, 0.29) is 24.2 Å². The van der Waals surface area contributed by atoms with E-state index in [4.69, 9.17) is 9.47 Å². The molecular weight excluding hydrogens is 359 g/mol. The maximum Gasteiger partial charge on any atom is 0.415 e. The highest BCUT2D eigenvalue weighted by atomic mass is 19.1. The molecule has 0 spiro atoms. The van der Waals surface area contributed by atoms with Crippen molar-refractivity contribution in [3.8, 4) is 11.8 Å². The molecule has 0 amide bonds. The molecule has 0 fully saturated rings. The molecule has 0 N–H and O–H groups in total. The zero-order chi connectivity index (χ0) is 19.0. The number of ether oxygens (including phenoxy) is 2. The number of benzene rings is 1. The smallest absolute Gasteiger partial charge is 0.415 e. The van der Waals surface area contributed by atoms with Crippen molar-refractivity contribution in [2.24, 2.45) is 0 Å². The Morgan fingerprint density at radius 1 is 1.41 bits per heavy atom. The summed E-state index contributed by atoms with van der Waals surface area (Å²) >= 11 is 0. The van der Waals surface area contributed by atoms with Gasteiger partial charge in [-0.05, 0) is 24.0 Å². The summed E-state index contributed by atoms with van der Waals surface area (Å²) in [5.41, 5.74) is -0.136. The van der Waals surface area contributed by atoms with Crippen molar-refractivity contribution in [1.82, 2.24) is 24.5 Å². The molecule has 1 aliphatic rings. The van der Waals surface area contributed by atoms with E-state index in [2.05, 4.69) is 15.3 Å². The van der Waals surface area contributed by atoms with E-state index in [1.807, 2.05) is 6.92 Å². The lowest BCUT2D eigenvalue weighted by Gasteiger charge is -2.21. The average Bonchev–Trinajstić information content (AvgIpc) is 3.28. The van der Waals surface area contributed by atoms with Gasteiger partial charge in [0.2, 0.25) is 0 Å². The number of para-hydroxylation sites is 1. The highest BCUT2D eigenvalue weighted by Crippen LogP contribution is 2.31. The summed E-state index contributed by atoms with van der Waals surface area (Å²) in [7, 11) is 0. The molecule has 1 atom stereocenters. The van der Waals surface area contributed by atoms with Gasteiger partial charge in [0.1, 0.15) is 24.1 Å². The van der Waals surface area contributed by atoms with E-state index < -0.39 is 16.3 Å². The molecule has 3 heterocycles. The molecule has 1 unspecified atom stereocenters. The fraction of sp³-hybridized carbons (Fsp3) is 0.312. The summed E-state index contributed by atoms with van der Waals surface area (Å²) in [5.74, 6) is -0.550. The highest BCUT2D eigenvalue weighted by molar-refractivity contribution is 5.24. The highest BCUT2D eigenvalue weighted by Gasteiger charge is 2.41. The van der Waals surface area contributed by atoms with Crippen LogP contribution in [0.3, 0.4) is 0 Å². The Hall–Kier alpha value is -3.50. The van der Waals surface area contributed by atoms with Crippen LogP contribution in [0.4, 0.5) is 10.2 Å². The molecule has 1 aliphatic heterocycles. The molecule has 4 rings (SSSR count). The van der Waals surface area contributed by atoms with Crippen molar-refractivity contribution in [3.63, 3.8) is 0 Å². The first kappa shape index (κ1) is 16.9. The Balaban J connectivity index is 1.38. The Morgan fingerprint density at radius 2 is 2.22 bits per heavy atom. The maximum atomic E-state index is 13.6. The largest absolute Gasteiger partial charge is 0.484 e. The number of halogens is 1. The van der Waals surface area contributed by atoms with Gasteiger partial charge in [-0.25, -0.2) is 9.07 Å². The minimum absolute atomic E-state index is 0.0757. The lowest BCUT2D eigenvalue weighted by molar-refractivity contribution is -0.389. The summed E-state index contributed by atoms with van der Waals surface area (Å²) in [6.45, 7) is 2.68. The van der Waals surface area contributed by atoms with Crippen molar-refractivity contribution in [2.75, 3.05) is 0 Å². The predicted molar refractivity (Wildman–Crippen MR) is 88.7 cm³/mol. The standard InChI is InChI=1S/C16H15FN6O4/c1-16(9-21-7-14(23(24)25)18-15(21)27-16)10-22-6-11(19-20-22)8-26-13-5-3-2-4-12(13)17/h2-7H,8-10H2,1H3. The predicted octanol–water partition coefficient (Wildman–Crippen LogP) is 1.95. The van der Waals surface area contributed by atoms with Crippen LogP contribution in [0, 0.1) is 15.9 Å². The molecule has 0 saturated carbocycles. The molecule has 27 heavy (non-hydrogen) atoms. The third kappa shape index (κ3) is 3.43. The van der Waals surface area contributed by atoms with Crippen molar-refractivity contribution in [3.05, 3.63) is 58.3 Å². The van der Waals surface area contributed by atoms with Crippen LogP contribution in [-0.2, 0) is 19.7 Å². The zero-order valence-corrected chi connectivity index (χ0v) is 14.3. The summed E-state index contributed by atoms with van der Waals surface area (Å²) in [4.78, 5) is 14.0. The molecular formula is C16H15FN6O4. The van der Waals surface area contributed by atoms with Gasteiger partial charge in [-0.15, -0.1) is 5.10 Å². The number of rotatable bonds is 6. The fourth-order valence-corrected chi connectivity index (χ4v) is 2.90. The van der Waals surface area contributed by atoms with E-state index in [0.717, 1.165) is 0 Å². The van der Waals surface area contributed by atoms with Gasteiger partial charge in [0.15, 0.2) is 11.6 Å². The van der Waals surface area contributed by atoms with Crippen LogP contribution in [0.25, 0.3) is 0 Å². The molecule has 1 aromatic carbocycles. The van der Waals surface area contributed by atoms with Gasteiger partial charge in [-0.3, -0.25) is 4.57 Å². The monoisotopic (exact) mass is 374 g/mol. The summed E-state index contributed by atoms with van der Waals surface area (Å²) in [5, 5.41) is 18.8. The van der Waals surface area contributed by atoms with Gasteiger partial charge in [-0.2, -0.15) is 0 Å². The van der Waals surface area contributed by atoms with Crippen molar-refractivity contribution < 1.29 is 18.8 Å². The Morgan fingerprint density at radius 3 is 2.96 bits per heavy atom. The normalized spacial score (nSPS) is 18.1. The second kappa shape index (κ2) is 6.34. The minimum Gasteiger partial charge on any atom is -0.484 e. The van der Waals surface area contributed by atoms with Gasteiger partial charge < -0.3 is 19.6 Å². The second-order valence-electron chi connectivity index (χ2n) is 6.45. The molecule has 0 bridgehead atoms. The van der Waals surface area contributed by atoms with Crippen LogP contribution in [0.1, 0.15) is 12.6 Å². The number of nitrogens with zero attached hydrogens (tertiary/aromatic N) is 6. The first-order valence-electron chi connectivity index (χ1n) is 8.09. The molecule has 3 aromatic rings. The van der Waals surface area contributed by atoms with Crippen LogP contribution in [-0.4, -0.2) is 35.1 Å². The molecule has 0 saturated heterocycles. The molecule has 2 aromatic heterocycles. The van der Waals surface area contributed by atoms with E-state index in [9.17, 15) is 14.5 Å². The van der Waals surface area contributed by atoms with E-state index >= 15 is 0 Å². The maximum absolute atomic E-state index is 13.6. The third-order valence-electron chi connectivity index (χ3n) is 4.05. The summed E-state index contributed by atoms with van der Waals surface area (Å²) in [6, 6.07) is 6.32. The van der Waals surface area contributed by atoms with Gasteiger partial charge in [-0.1, -0.05) is 17.3 Å². The van der Waals surface area contributed by atoms with Crippen molar-refractivity contribution in [2.45, 2.75) is 32.2 Å². The number of fused-ring (bicyclic) bond motifs is 1. The van der Waals surface area contributed by atoms with Crippen molar-refractivity contribution in [1.29, 1.82) is 0 Å². The van der Waals surface area contributed by atoms with Crippen molar-refractivity contribution >= 4 is 5.82 Å². The van der Waals surface area contributed by atoms with Crippen LogP contribution in [0.5, 0.6) is 11.8 Å². The number of aromatic nitrogens is 5. The van der Waals surface area contributed by atoms with Crippen LogP contribution >= 0.6 is 0 Å². The minimum atomic E-state index is -0.672. The van der Waals surface area contributed by atoms with Gasteiger partial charge in [0.05, 0.1) is 19.3 Å². The number of imidazole rings is 1. The van der Waals surface area contributed by atoms with Crippen LogP contribution in [0.15, 0.2) is 36.7 Å². The quantitative estimate of drug-likeness (QED) is 0.479. The van der Waals surface area contributed by atoms with E-state index in [1.54, 1.807) is 27.6 Å². The lowest BCUT2D eigenvalue weighted by Crippen LogP contribution is -2.36. The Bertz CT molecular complexity index is 977. The molecule has 10 nitrogen and oxygen atoms in total. The topological polar surface area (TPSA) is 110 Å². The van der Waals surface area contributed by atoms with E-state index in [0.29, 0.717) is 18.8 Å². The average molecular weight is 374 g/mol. The molecule has 0 aliphatic carbocycles. The Labute approximate surface area is 152 Å². The van der Waals surface area contributed by atoms with Crippen LogP contribution < -0.4 is 9.47 Å². The van der Waals surface area contributed by atoms with Crippen LogP contribution in [0.2, 0.25) is 0 Å². The first-order chi connectivity index (χ1) is 12.9. The van der Waals surface area contributed by atoms with E-state index in [1.165, 1.54) is 18.3 Å². The third-order valence-corrected chi connectivity index (χ3v) is 4.05. The molecule has 11 heteroatoms. The second-order valence-corrected chi connectivity index (χ2v) is 6.45. The summed E-state index contributed by atoms with van der Waals surface area (Å²) < 4.78 is 27.9. The SMILES string of the molecule is CC1(Cn2cc(COc3ccccc3F)nn2)Cn2cc([N+](=O)[O-])nc2O1. The number of hydrogen-bond donors (Lipinski definition) is 0. The number of nitro groups is 1. The van der Waals surface area contributed by atoms with Gasteiger partial charge >= 0.3 is 11.8 Å². The Kier molecular flexibility index (Phi) is 3.98. The number of hydrogen-bond acceptors (Lipinski definition) is 7. The fourth-order valence-electron chi connectivity index (χ4n) is 2.90. The lowest BCUT2D eigenvalue weighted by atomic mass is 10.1. The first-order valence-corrected chi connectivity index (χ1v) is 8.09. The molecule has 140 valence electrons. The summed E-state index contributed by atoms with van der Waals surface area (Å²) in [6.07, 6.45) is 3.02. The zero-order valence-electron chi connectivity index (χ0n) is 14.3. The molecule has 0 radical (unpaired) electrons.